The lowest BCUT2D eigenvalue weighted by Gasteiger charge is -2.10. The van der Waals surface area contributed by atoms with Crippen molar-refractivity contribution in [3.05, 3.63) is 36.0 Å². The minimum atomic E-state index is -3.29. The van der Waals surface area contributed by atoms with Crippen LogP contribution in [0.1, 0.15) is 25.5 Å². The first kappa shape index (κ1) is 13.8. The van der Waals surface area contributed by atoms with Gasteiger partial charge in [-0.1, -0.05) is 31.5 Å². The van der Waals surface area contributed by atoms with E-state index in [1.807, 2.05) is 38.1 Å². The van der Waals surface area contributed by atoms with Gasteiger partial charge in [0, 0.05) is 11.1 Å². The fraction of sp³-hybridized carbons (Fsp3) is 0.357. The predicted octanol–water partition coefficient (Wildman–Crippen LogP) is 3.09. The van der Waals surface area contributed by atoms with Gasteiger partial charge in [0.15, 0.2) is 0 Å². The van der Waals surface area contributed by atoms with Crippen LogP contribution in [0.4, 0.5) is 5.69 Å². The Hall–Kier alpha value is -1.62. The number of fused-ring (bicyclic) bond motifs is 1. The van der Waals surface area contributed by atoms with Crippen molar-refractivity contribution in [3.63, 3.8) is 0 Å². The minimum absolute atomic E-state index is 0.145. The van der Waals surface area contributed by atoms with Gasteiger partial charge < -0.3 is 0 Å². The Bertz CT molecular complexity index is 681. The molecule has 2 aromatic rings. The van der Waals surface area contributed by atoms with Crippen LogP contribution in [-0.2, 0) is 10.0 Å². The van der Waals surface area contributed by atoms with Gasteiger partial charge in [-0.25, -0.2) is 8.42 Å². The van der Waals surface area contributed by atoms with E-state index >= 15 is 0 Å². The molecule has 1 N–H and O–H groups in total. The van der Waals surface area contributed by atoms with Gasteiger partial charge in [0.25, 0.3) is 0 Å². The molecule has 0 atom stereocenters. The Labute approximate surface area is 113 Å². The monoisotopic (exact) mass is 278 g/mol. The summed E-state index contributed by atoms with van der Waals surface area (Å²) >= 11 is 0. The van der Waals surface area contributed by atoms with Crippen molar-refractivity contribution in [2.45, 2.75) is 26.7 Å². The molecule has 1 aromatic heterocycles. The summed E-state index contributed by atoms with van der Waals surface area (Å²) in [5.41, 5.74) is 2.12. The number of aromatic nitrogens is 1. The van der Waals surface area contributed by atoms with Crippen LogP contribution in [0.5, 0.6) is 0 Å². The topological polar surface area (TPSA) is 59.1 Å². The summed E-state index contributed by atoms with van der Waals surface area (Å²) in [6, 6.07) is 9.36. The molecule has 0 saturated heterocycles. The first-order chi connectivity index (χ1) is 9.02. The first-order valence-electron chi connectivity index (χ1n) is 6.39. The van der Waals surface area contributed by atoms with E-state index < -0.39 is 10.0 Å². The van der Waals surface area contributed by atoms with E-state index in [-0.39, 0.29) is 5.75 Å². The van der Waals surface area contributed by atoms with Crippen molar-refractivity contribution in [2.24, 2.45) is 0 Å². The highest BCUT2D eigenvalue weighted by atomic mass is 32.2. The number of nitrogens with one attached hydrogen (secondary N) is 1. The molecule has 0 amide bonds. The van der Waals surface area contributed by atoms with Crippen molar-refractivity contribution < 1.29 is 8.42 Å². The number of para-hydroxylation sites is 1. The second-order valence-corrected chi connectivity index (χ2v) is 6.45. The second-order valence-electron chi connectivity index (χ2n) is 4.60. The maximum Gasteiger partial charge on any atom is 0.232 e. The van der Waals surface area contributed by atoms with E-state index in [9.17, 15) is 8.42 Å². The Morgan fingerprint density at radius 1 is 1.21 bits per heavy atom. The van der Waals surface area contributed by atoms with Crippen molar-refractivity contribution >= 4 is 26.6 Å². The number of aryl methyl sites for hydroxylation is 1. The van der Waals surface area contributed by atoms with Crippen LogP contribution in [0.25, 0.3) is 10.9 Å². The molecular weight excluding hydrogens is 260 g/mol. The van der Waals surface area contributed by atoms with Crippen LogP contribution in [-0.4, -0.2) is 19.2 Å². The molecule has 5 heteroatoms. The zero-order chi connectivity index (χ0) is 13.9. The normalized spacial score (nSPS) is 11.7. The highest BCUT2D eigenvalue weighted by molar-refractivity contribution is 7.92. The summed E-state index contributed by atoms with van der Waals surface area (Å²) in [6.45, 7) is 3.86. The van der Waals surface area contributed by atoms with Crippen molar-refractivity contribution in [1.82, 2.24) is 4.98 Å². The number of pyridine rings is 1. The van der Waals surface area contributed by atoms with Gasteiger partial charge in [-0.05, 0) is 25.5 Å². The fourth-order valence-corrected chi connectivity index (χ4v) is 3.15. The lowest BCUT2D eigenvalue weighted by Crippen LogP contribution is -2.16. The van der Waals surface area contributed by atoms with Crippen molar-refractivity contribution in [2.75, 3.05) is 10.5 Å². The van der Waals surface area contributed by atoms with Crippen LogP contribution < -0.4 is 4.72 Å². The quantitative estimate of drug-likeness (QED) is 0.914. The summed E-state index contributed by atoms with van der Waals surface area (Å²) in [6.07, 6.45) is 1.51. The van der Waals surface area contributed by atoms with Crippen LogP contribution >= 0.6 is 0 Å². The Morgan fingerprint density at radius 3 is 2.74 bits per heavy atom. The van der Waals surface area contributed by atoms with Gasteiger partial charge >= 0.3 is 0 Å². The first-order valence-corrected chi connectivity index (χ1v) is 8.04. The summed E-state index contributed by atoms with van der Waals surface area (Å²) in [5, 5.41) is 0.932. The zero-order valence-corrected chi connectivity index (χ0v) is 12.0. The molecule has 2 rings (SSSR count). The van der Waals surface area contributed by atoms with E-state index in [1.54, 1.807) is 6.07 Å². The Balaban J connectivity index is 2.38. The number of sulfonamides is 1. The summed E-state index contributed by atoms with van der Waals surface area (Å²) in [4.78, 5) is 4.41. The fourth-order valence-electron chi connectivity index (χ4n) is 1.88. The summed E-state index contributed by atoms with van der Waals surface area (Å²) in [5.74, 6) is 0.145. The molecule has 1 aromatic carbocycles. The molecule has 0 saturated carbocycles. The zero-order valence-electron chi connectivity index (χ0n) is 11.2. The molecular formula is C14H18N2O2S. The molecule has 0 spiro atoms. The third-order valence-electron chi connectivity index (χ3n) is 2.89. The third-order valence-corrected chi connectivity index (χ3v) is 4.25. The van der Waals surface area contributed by atoms with Crippen molar-refractivity contribution in [3.8, 4) is 0 Å². The van der Waals surface area contributed by atoms with E-state index in [0.29, 0.717) is 17.6 Å². The van der Waals surface area contributed by atoms with E-state index in [1.165, 1.54) is 0 Å². The van der Waals surface area contributed by atoms with Gasteiger partial charge in [-0.3, -0.25) is 9.71 Å². The molecule has 0 radical (unpaired) electrons. The number of hydrogen-bond acceptors (Lipinski definition) is 3. The SMILES string of the molecule is CCCCS(=O)(=O)Nc1cccc2ccc(C)nc12. The lowest BCUT2D eigenvalue weighted by molar-refractivity contribution is 0.598. The molecule has 0 aliphatic carbocycles. The largest absolute Gasteiger partial charge is 0.281 e. The van der Waals surface area contributed by atoms with Crippen LogP contribution in [0.15, 0.2) is 30.3 Å². The van der Waals surface area contributed by atoms with Crippen LogP contribution in [0.3, 0.4) is 0 Å². The number of unbranched alkanes of at least 4 members (excludes halogenated alkanes) is 1. The number of hydrogen-bond donors (Lipinski definition) is 1. The van der Waals surface area contributed by atoms with E-state index in [4.69, 9.17) is 0 Å². The molecule has 0 aliphatic heterocycles. The number of benzene rings is 1. The molecule has 0 unspecified atom stereocenters. The maximum atomic E-state index is 11.9. The Kier molecular flexibility index (Phi) is 4.04. The Morgan fingerprint density at radius 2 is 2.00 bits per heavy atom. The molecule has 102 valence electrons. The number of rotatable bonds is 5. The molecule has 19 heavy (non-hydrogen) atoms. The third kappa shape index (κ3) is 3.44. The average Bonchev–Trinajstić information content (AvgIpc) is 2.37. The van der Waals surface area contributed by atoms with Crippen LogP contribution in [0, 0.1) is 6.92 Å². The van der Waals surface area contributed by atoms with E-state index in [0.717, 1.165) is 17.5 Å². The standard InChI is InChI=1S/C14H18N2O2S/c1-3-4-10-19(17,18)16-13-7-5-6-12-9-8-11(2)15-14(12)13/h5-9,16H,3-4,10H2,1-2H3. The van der Waals surface area contributed by atoms with Gasteiger partial charge in [-0.2, -0.15) is 0 Å². The molecule has 0 bridgehead atoms. The van der Waals surface area contributed by atoms with Crippen LogP contribution in [0.2, 0.25) is 0 Å². The summed E-state index contributed by atoms with van der Waals surface area (Å²) < 4.78 is 26.5. The molecule has 1 heterocycles. The minimum Gasteiger partial charge on any atom is -0.281 e. The smallest absolute Gasteiger partial charge is 0.232 e. The molecule has 0 fully saturated rings. The average molecular weight is 278 g/mol. The maximum absolute atomic E-state index is 11.9. The summed E-state index contributed by atoms with van der Waals surface area (Å²) in [7, 11) is -3.29. The van der Waals surface area contributed by atoms with Gasteiger partial charge in [0.1, 0.15) is 0 Å². The number of nitrogens with zero attached hydrogens (tertiary/aromatic N) is 1. The molecule has 4 nitrogen and oxygen atoms in total. The van der Waals surface area contributed by atoms with Crippen molar-refractivity contribution in [1.29, 1.82) is 0 Å². The number of anilines is 1. The molecule has 0 aliphatic rings. The predicted molar refractivity (Wildman–Crippen MR) is 78.8 cm³/mol. The van der Waals surface area contributed by atoms with Gasteiger partial charge in [0.2, 0.25) is 10.0 Å². The van der Waals surface area contributed by atoms with Gasteiger partial charge in [-0.15, -0.1) is 0 Å². The highest BCUT2D eigenvalue weighted by Crippen LogP contribution is 2.22. The lowest BCUT2D eigenvalue weighted by atomic mass is 10.2. The van der Waals surface area contributed by atoms with Gasteiger partial charge in [0.05, 0.1) is 17.0 Å². The van der Waals surface area contributed by atoms with E-state index in [2.05, 4.69) is 9.71 Å². The highest BCUT2D eigenvalue weighted by Gasteiger charge is 2.12. The second kappa shape index (κ2) is 5.57.